The fraction of sp³-hybridized carbons (Fsp3) is 0.396. The number of carbonyl (C=O) groups excluding carboxylic acids is 4. The highest BCUT2D eigenvalue weighted by molar-refractivity contribution is 7.44. The Bertz CT molecular complexity index is 2930. The van der Waals surface area contributed by atoms with Crippen LogP contribution in [0, 0.1) is 11.3 Å². The molecule has 0 aliphatic carbocycles. The number of nitrogens with zero attached hydrogens (tertiary/aromatic N) is 8. The number of fused-ring (bicyclic) bond motifs is 9. The maximum atomic E-state index is 14.5. The van der Waals surface area contributed by atoms with Gasteiger partial charge in [0.1, 0.15) is 18.0 Å². The van der Waals surface area contributed by atoms with Gasteiger partial charge in [-0.1, -0.05) is 0 Å². The largest absolute Gasteiger partial charge is 0.341 e. The molecule has 3 aromatic carbocycles. The van der Waals surface area contributed by atoms with Crippen molar-refractivity contribution in [2.75, 3.05) is 47.5 Å². The first-order valence-electron chi connectivity index (χ1n) is 21.7. The normalized spacial score (nSPS) is 15.1. The maximum Gasteiger partial charge on any atom is 0.274 e. The van der Waals surface area contributed by atoms with Crippen LogP contribution in [-0.4, -0.2) is 86.8 Å². The van der Waals surface area contributed by atoms with Crippen LogP contribution < -0.4 is 14.7 Å². The van der Waals surface area contributed by atoms with Gasteiger partial charge in [0.05, 0.1) is 24.8 Å². The smallest absolute Gasteiger partial charge is 0.274 e. The summed E-state index contributed by atoms with van der Waals surface area (Å²) in [6.45, 7) is 11.5. The number of benzene rings is 3. The van der Waals surface area contributed by atoms with Crippen molar-refractivity contribution < 1.29 is 28.2 Å². The van der Waals surface area contributed by atoms with E-state index in [1.54, 1.807) is 11.8 Å². The molecule has 14 nitrogen and oxygen atoms in total. The number of nitriles is 1. The molecular formula is C48H53N8O6P. The van der Waals surface area contributed by atoms with Crippen molar-refractivity contribution in [3.05, 3.63) is 88.4 Å². The standard InChI is InChI=1S/C48H53N8O6P/c1-28(2)56(29(3)4)63(61-23-9-19-49)62-27-46(58)43-24-34-32-17-21-54(41(32)14-11-37(34)50(43)6)48(60)45-26-36-33-18-22-55(42(33)15-12-39(36)52(45)8)47(59)44-25-35-31-16-20-53(30(5)57)40(31)13-10-38(35)51(44)7/h10-15,24-26,28-29H,9,16-18,20-23,27H2,1-8H3. The number of hydrogen-bond acceptors (Lipinski definition) is 8. The van der Waals surface area contributed by atoms with Crippen molar-refractivity contribution in [3.8, 4) is 6.07 Å². The Balaban J connectivity index is 0.959. The van der Waals surface area contributed by atoms with E-state index < -0.39 is 8.53 Å². The third-order valence-electron chi connectivity index (χ3n) is 13.1. The molecule has 326 valence electrons. The predicted molar refractivity (Wildman–Crippen MR) is 247 cm³/mol. The first kappa shape index (κ1) is 42.5. The highest BCUT2D eigenvalue weighted by Gasteiger charge is 2.35. The van der Waals surface area contributed by atoms with E-state index in [1.165, 1.54) is 0 Å². The van der Waals surface area contributed by atoms with Crippen LogP contribution in [-0.2, 0) is 54.2 Å². The average Bonchev–Trinajstić information content (AvgIpc) is 4.11. The van der Waals surface area contributed by atoms with E-state index >= 15 is 0 Å². The SMILES string of the molecule is CC(=O)N1CCc2c1ccc1c2cc(C(=O)N2CCc3c2ccc2c3cc(C(=O)N3CCc4c3ccc3c4cc(C(=O)COP(OCCC#N)N(C(C)C)C(C)C)n3C)n2C)n1C. The molecule has 63 heavy (non-hydrogen) atoms. The number of rotatable bonds is 12. The van der Waals surface area contributed by atoms with Gasteiger partial charge in [0.15, 0.2) is 0 Å². The Morgan fingerprint density at radius 1 is 0.651 bits per heavy atom. The molecule has 15 heteroatoms. The van der Waals surface area contributed by atoms with Crippen molar-refractivity contribution in [3.63, 3.8) is 0 Å². The van der Waals surface area contributed by atoms with E-state index in [4.69, 9.17) is 14.3 Å². The van der Waals surface area contributed by atoms with E-state index in [0.29, 0.717) is 49.6 Å². The molecule has 0 radical (unpaired) electrons. The Hall–Kier alpha value is -5.84. The fourth-order valence-electron chi connectivity index (χ4n) is 10.2. The second-order valence-corrected chi connectivity index (χ2v) is 18.8. The lowest BCUT2D eigenvalue weighted by molar-refractivity contribution is -0.116. The van der Waals surface area contributed by atoms with E-state index in [2.05, 4.69) is 38.4 Å². The monoisotopic (exact) mass is 868 g/mol. The molecule has 0 bridgehead atoms. The van der Waals surface area contributed by atoms with Gasteiger partial charge >= 0.3 is 0 Å². The molecule has 0 N–H and O–H groups in total. The molecule has 6 aromatic rings. The molecule has 9 rings (SSSR count). The number of ketones is 1. The minimum absolute atomic E-state index is 0.0164. The van der Waals surface area contributed by atoms with Gasteiger partial charge in [-0.25, -0.2) is 4.67 Å². The van der Waals surface area contributed by atoms with Crippen molar-refractivity contribution in [2.45, 2.75) is 72.4 Å². The number of carbonyl (C=O) groups is 4. The van der Waals surface area contributed by atoms with Crippen LogP contribution >= 0.6 is 8.53 Å². The van der Waals surface area contributed by atoms with E-state index in [1.807, 2.05) is 99.2 Å². The van der Waals surface area contributed by atoms with Gasteiger partial charge in [-0.3, -0.25) is 19.2 Å². The summed E-state index contributed by atoms with van der Waals surface area (Å²) in [6.07, 6.45) is 2.29. The second-order valence-electron chi connectivity index (χ2n) is 17.3. The van der Waals surface area contributed by atoms with Crippen molar-refractivity contribution in [2.24, 2.45) is 21.1 Å². The van der Waals surface area contributed by atoms with Crippen molar-refractivity contribution >= 4 is 81.8 Å². The summed E-state index contributed by atoms with van der Waals surface area (Å²) in [4.78, 5) is 60.4. The van der Waals surface area contributed by atoms with Crippen LogP contribution in [0.25, 0.3) is 32.7 Å². The van der Waals surface area contributed by atoms with Crippen LogP contribution in [0.2, 0.25) is 0 Å². The molecule has 3 aliphatic rings. The molecule has 0 saturated heterocycles. The fourth-order valence-corrected chi connectivity index (χ4v) is 11.7. The number of aryl methyl sites for hydroxylation is 3. The zero-order valence-corrected chi connectivity index (χ0v) is 38.1. The van der Waals surface area contributed by atoms with Gasteiger partial charge in [-0.05, 0) is 118 Å². The number of aromatic nitrogens is 3. The summed E-state index contributed by atoms with van der Waals surface area (Å²) in [5, 5.41) is 12.0. The number of hydrogen-bond donors (Lipinski definition) is 0. The molecule has 0 fully saturated rings. The van der Waals surface area contributed by atoms with E-state index in [0.717, 1.165) is 72.9 Å². The van der Waals surface area contributed by atoms with Crippen LogP contribution in [0.3, 0.4) is 0 Å². The molecule has 0 spiro atoms. The first-order valence-corrected chi connectivity index (χ1v) is 22.8. The van der Waals surface area contributed by atoms with Crippen molar-refractivity contribution in [1.29, 1.82) is 5.26 Å². The Labute approximate surface area is 368 Å². The van der Waals surface area contributed by atoms with Gasteiger partial charge in [0.2, 0.25) is 11.7 Å². The summed E-state index contributed by atoms with van der Waals surface area (Å²) >= 11 is 0. The third kappa shape index (κ3) is 6.93. The number of amides is 3. The predicted octanol–water partition coefficient (Wildman–Crippen LogP) is 7.95. The quantitative estimate of drug-likeness (QED) is 0.0687. The van der Waals surface area contributed by atoms with Gasteiger partial charge in [-0.2, -0.15) is 5.26 Å². The first-order chi connectivity index (χ1) is 30.2. The Kier molecular flexibility index (Phi) is 11.0. The summed E-state index contributed by atoms with van der Waals surface area (Å²) in [6, 6.07) is 20.1. The maximum absolute atomic E-state index is 14.5. The van der Waals surface area contributed by atoms with Crippen LogP contribution in [0.1, 0.15) is 89.2 Å². The second kappa shape index (κ2) is 16.4. The molecule has 3 aromatic heterocycles. The van der Waals surface area contributed by atoms with Gasteiger partial charge in [0, 0.05) is 110 Å². The lowest BCUT2D eigenvalue weighted by atomic mass is 10.1. The molecule has 3 amide bonds. The molecule has 0 saturated carbocycles. The summed E-state index contributed by atoms with van der Waals surface area (Å²) in [5.41, 5.74) is 10.2. The topological polar surface area (TPSA) is 138 Å². The minimum atomic E-state index is -1.57. The molecule has 6 heterocycles. The third-order valence-corrected chi connectivity index (χ3v) is 15.2. The summed E-state index contributed by atoms with van der Waals surface area (Å²) < 4.78 is 20.1. The van der Waals surface area contributed by atoms with E-state index in [9.17, 15) is 19.2 Å². The zero-order valence-electron chi connectivity index (χ0n) is 37.2. The highest BCUT2D eigenvalue weighted by atomic mass is 31.2. The zero-order chi connectivity index (χ0) is 44.6. The van der Waals surface area contributed by atoms with E-state index in [-0.39, 0.29) is 55.2 Å². The molecule has 3 aliphatic heterocycles. The Morgan fingerprint density at radius 3 is 1.49 bits per heavy atom. The van der Waals surface area contributed by atoms with Crippen molar-refractivity contribution in [1.82, 2.24) is 18.4 Å². The minimum Gasteiger partial charge on any atom is -0.341 e. The summed E-state index contributed by atoms with van der Waals surface area (Å²) in [7, 11) is 4.15. The van der Waals surface area contributed by atoms with Crippen LogP contribution in [0.15, 0.2) is 54.6 Å². The number of anilines is 3. The number of Topliss-reactive ketones (excluding diaryl/α,β-unsaturated/α-hetero) is 1. The van der Waals surface area contributed by atoms with Gasteiger partial charge in [-0.15, -0.1) is 0 Å². The van der Waals surface area contributed by atoms with Crippen LogP contribution in [0.5, 0.6) is 0 Å². The average molecular weight is 869 g/mol. The lowest BCUT2D eigenvalue weighted by Crippen LogP contribution is -2.34. The Morgan fingerprint density at radius 2 is 1.06 bits per heavy atom. The lowest BCUT2D eigenvalue weighted by Gasteiger charge is -2.35. The van der Waals surface area contributed by atoms with Gasteiger partial charge < -0.3 is 37.4 Å². The highest BCUT2D eigenvalue weighted by Crippen LogP contribution is 2.46. The van der Waals surface area contributed by atoms with Gasteiger partial charge in [0.25, 0.3) is 20.3 Å². The van der Waals surface area contributed by atoms with Crippen LogP contribution in [0.4, 0.5) is 17.1 Å². The molecule has 1 atom stereocenters. The molecule has 1 unspecified atom stereocenters. The summed E-state index contributed by atoms with van der Waals surface area (Å²) in [5.74, 6) is -0.351. The molecular weight excluding hydrogens is 816 g/mol.